The highest BCUT2D eigenvalue weighted by Gasteiger charge is 2.11. The van der Waals surface area contributed by atoms with Crippen LogP contribution in [0.5, 0.6) is 0 Å². The number of carbonyl (C=O) groups excluding carboxylic acids is 1. The largest absolute Gasteiger partial charge is 0.468 e. The van der Waals surface area contributed by atoms with Crippen molar-refractivity contribution in [2.45, 2.75) is 18.9 Å². The van der Waals surface area contributed by atoms with Crippen molar-refractivity contribution in [2.75, 3.05) is 19.1 Å². The fourth-order valence-corrected chi connectivity index (χ4v) is 1.17. The fraction of sp³-hybridized carbons (Fsp3) is 0.857. The average molecular weight is 177 g/mol. The van der Waals surface area contributed by atoms with Gasteiger partial charge in [0.05, 0.1) is 7.11 Å². The predicted molar refractivity (Wildman–Crippen MR) is 47.6 cm³/mol. The molecule has 66 valence electrons. The third-order valence-electron chi connectivity index (χ3n) is 1.37. The first-order chi connectivity index (χ1) is 5.22. The Morgan fingerprint density at radius 1 is 1.73 bits per heavy atom. The van der Waals surface area contributed by atoms with Crippen LogP contribution in [0, 0.1) is 0 Å². The molecule has 0 radical (unpaired) electrons. The summed E-state index contributed by atoms with van der Waals surface area (Å²) in [6.07, 6.45) is 3.72. The Kier molecular flexibility index (Phi) is 6.36. The number of carbonyl (C=O) groups is 1. The molecule has 11 heavy (non-hydrogen) atoms. The first-order valence-electron chi connectivity index (χ1n) is 3.54. The molecule has 0 amide bonds. The standard InChI is InChI=1S/C7H15NO2S/c1-10-7(9)6(8)4-3-5-11-2/h6H,3-5,8H2,1-2H3/t6-/m1/s1. The molecule has 4 heteroatoms. The molecule has 0 spiro atoms. The van der Waals surface area contributed by atoms with Crippen molar-refractivity contribution in [3.63, 3.8) is 0 Å². The second-order valence-electron chi connectivity index (χ2n) is 2.26. The van der Waals surface area contributed by atoms with Crippen LogP contribution in [0.15, 0.2) is 0 Å². The van der Waals surface area contributed by atoms with Gasteiger partial charge in [0.15, 0.2) is 0 Å². The molecule has 0 aromatic heterocycles. The number of nitrogens with two attached hydrogens (primary N) is 1. The number of hydrogen-bond donors (Lipinski definition) is 1. The zero-order chi connectivity index (χ0) is 8.69. The summed E-state index contributed by atoms with van der Waals surface area (Å²) in [4.78, 5) is 10.8. The lowest BCUT2D eigenvalue weighted by Crippen LogP contribution is -2.31. The monoisotopic (exact) mass is 177 g/mol. The van der Waals surface area contributed by atoms with Gasteiger partial charge in [-0.25, -0.2) is 0 Å². The van der Waals surface area contributed by atoms with Crippen molar-refractivity contribution in [3.05, 3.63) is 0 Å². The van der Waals surface area contributed by atoms with E-state index in [2.05, 4.69) is 4.74 Å². The molecule has 2 N–H and O–H groups in total. The highest BCUT2D eigenvalue weighted by Crippen LogP contribution is 2.02. The molecule has 0 aromatic rings. The van der Waals surface area contributed by atoms with Crippen LogP contribution >= 0.6 is 11.8 Å². The first-order valence-corrected chi connectivity index (χ1v) is 4.94. The quantitative estimate of drug-likeness (QED) is 0.494. The smallest absolute Gasteiger partial charge is 0.322 e. The Balaban J connectivity index is 3.36. The minimum Gasteiger partial charge on any atom is -0.468 e. The Labute approximate surface area is 71.7 Å². The summed E-state index contributed by atoms with van der Waals surface area (Å²) in [5.74, 6) is 0.733. The maximum Gasteiger partial charge on any atom is 0.322 e. The predicted octanol–water partition coefficient (Wildman–Crippen LogP) is 0.630. The van der Waals surface area contributed by atoms with Gasteiger partial charge < -0.3 is 10.5 Å². The van der Waals surface area contributed by atoms with Gasteiger partial charge in [-0.15, -0.1) is 0 Å². The van der Waals surface area contributed by atoms with Gasteiger partial charge >= 0.3 is 5.97 Å². The van der Waals surface area contributed by atoms with E-state index in [-0.39, 0.29) is 5.97 Å². The zero-order valence-corrected chi connectivity index (χ0v) is 7.82. The number of ether oxygens (including phenoxy) is 1. The van der Waals surface area contributed by atoms with E-state index in [1.807, 2.05) is 6.26 Å². The summed E-state index contributed by atoms with van der Waals surface area (Å²) in [5, 5.41) is 0. The number of methoxy groups -OCH3 is 1. The molecule has 0 rings (SSSR count). The SMILES string of the molecule is COC(=O)[C@H](N)CCCSC. The molecule has 0 saturated carbocycles. The minimum atomic E-state index is -0.438. The van der Waals surface area contributed by atoms with Crippen molar-refractivity contribution >= 4 is 17.7 Å². The maximum absolute atomic E-state index is 10.8. The Morgan fingerprint density at radius 3 is 2.82 bits per heavy atom. The molecule has 0 saturated heterocycles. The second kappa shape index (κ2) is 6.49. The van der Waals surface area contributed by atoms with Crippen molar-refractivity contribution in [1.29, 1.82) is 0 Å². The Hall–Kier alpha value is -0.220. The molecule has 0 unspecified atom stereocenters. The van der Waals surface area contributed by atoms with E-state index in [1.165, 1.54) is 7.11 Å². The normalized spacial score (nSPS) is 12.6. The molecule has 0 aromatic carbocycles. The van der Waals surface area contributed by atoms with Crippen LogP contribution in [0.25, 0.3) is 0 Å². The number of esters is 1. The summed E-state index contributed by atoms with van der Waals surface area (Å²) < 4.78 is 4.47. The van der Waals surface area contributed by atoms with Crippen molar-refractivity contribution < 1.29 is 9.53 Å². The summed E-state index contributed by atoms with van der Waals surface area (Å²) in [7, 11) is 1.36. The highest BCUT2D eigenvalue weighted by atomic mass is 32.2. The molecule has 0 heterocycles. The lowest BCUT2D eigenvalue weighted by molar-refractivity contribution is -0.142. The first kappa shape index (κ1) is 10.8. The molecule has 3 nitrogen and oxygen atoms in total. The van der Waals surface area contributed by atoms with Gasteiger partial charge in [0.25, 0.3) is 0 Å². The number of hydrogen-bond acceptors (Lipinski definition) is 4. The summed E-state index contributed by atoms with van der Waals surface area (Å²) in [6.45, 7) is 0. The van der Waals surface area contributed by atoms with E-state index in [0.717, 1.165) is 12.2 Å². The van der Waals surface area contributed by atoms with Crippen LogP contribution in [0.3, 0.4) is 0 Å². The van der Waals surface area contributed by atoms with Gasteiger partial charge in [-0.3, -0.25) is 4.79 Å². The Bertz CT molecular complexity index is 119. The zero-order valence-electron chi connectivity index (χ0n) is 7.00. The molecule has 0 bridgehead atoms. The van der Waals surface area contributed by atoms with E-state index < -0.39 is 6.04 Å². The lowest BCUT2D eigenvalue weighted by Gasteiger charge is -2.07. The topological polar surface area (TPSA) is 52.3 Å². The van der Waals surface area contributed by atoms with Crippen molar-refractivity contribution in [3.8, 4) is 0 Å². The number of rotatable bonds is 5. The molecule has 0 fully saturated rings. The van der Waals surface area contributed by atoms with Gasteiger partial charge in [0.2, 0.25) is 0 Å². The van der Waals surface area contributed by atoms with E-state index in [4.69, 9.17) is 5.73 Å². The molecule has 0 aliphatic carbocycles. The highest BCUT2D eigenvalue weighted by molar-refractivity contribution is 7.98. The van der Waals surface area contributed by atoms with E-state index in [9.17, 15) is 4.79 Å². The van der Waals surface area contributed by atoms with Crippen molar-refractivity contribution in [1.82, 2.24) is 0 Å². The lowest BCUT2D eigenvalue weighted by atomic mass is 10.2. The fourth-order valence-electron chi connectivity index (χ4n) is 0.717. The average Bonchev–Trinajstić information content (AvgIpc) is 2.03. The summed E-state index contributed by atoms with van der Waals surface area (Å²) >= 11 is 1.76. The van der Waals surface area contributed by atoms with Crippen LogP contribution in [-0.4, -0.2) is 31.1 Å². The summed E-state index contributed by atoms with van der Waals surface area (Å²) in [5.41, 5.74) is 5.48. The Morgan fingerprint density at radius 2 is 2.36 bits per heavy atom. The second-order valence-corrected chi connectivity index (χ2v) is 3.25. The molecule has 1 atom stereocenters. The van der Waals surface area contributed by atoms with Gasteiger partial charge in [0.1, 0.15) is 6.04 Å². The molecular formula is C7H15NO2S. The van der Waals surface area contributed by atoms with Crippen LogP contribution in [0.4, 0.5) is 0 Å². The van der Waals surface area contributed by atoms with Crippen LogP contribution < -0.4 is 5.73 Å². The molecule has 0 aliphatic heterocycles. The van der Waals surface area contributed by atoms with E-state index in [1.54, 1.807) is 11.8 Å². The van der Waals surface area contributed by atoms with Crippen LogP contribution in [-0.2, 0) is 9.53 Å². The van der Waals surface area contributed by atoms with Crippen LogP contribution in [0.1, 0.15) is 12.8 Å². The van der Waals surface area contributed by atoms with Crippen LogP contribution in [0.2, 0.25) is 0 Å². The third kappa shape index (κ3) is 5.09. The van der Waals surface area contributed by atoms with Gasteiger partial charge in [0, 0.05) is 0 Å². The van der Waals surface area contributed by atoms with E-state index in [0.29, 0.717) is 6.42 Å². The third-order valence-corrected chi connectivity index (χ3v) is 2.06. The molecular weight excluding hydrogens is 162 g/mol. The van der Waals surface area contributed by atoms with Gasteiger partial charge in [-0.05, 0) is 24.9 Å². The maximum atomic E-state index is 10.8. The van der Waals surface area contributed by atoms with E-state index >= 15 is 0 Å². The number of thioether (sulfide) groups is 1. The van der Waals surface area contributed by atoms with Crippen molar-refractivity contribution in [2.24, 2.45) is 5.73 Å². The van der Waals surface area contributed by atoms with Gasteiger partial charge in [-0.2, -0.15) is 11.8 Å². The van der Waals surface area contributed by atoms with Gasteiger partial charge in [-0.1, -0.05) is 0 Å². The minimum absolute atomic E-state index is 0.314. The molecule has 0 aliphatic rings. The summed E-state index contributed by atoms with van der Waals surface area (Å²) in [6, 6.07) is -0.438.